The molecule has 4 fully saturated rings. The van der Waals surface area contributed by atoms with Gasteiger partial charge in [0.15, 0.2) is 6.29 Å². The molecule has 2 aliphatic heterocycles. The summed E-state index contributed by atoms with van der Waals surface area (Å²) in [5.41, 5.74) is -0.582. The fourth-order valence-corrected chi connectivity index (χ4v) is 6.52. The molecule has 0 radical (unpaired) electrons. The molecule has 0 spiro atoms. The largest absolute Gasteiger partial charge is 0.459 e. The van der Waals surface area contributed by atoms with Crippen molar-refractivity contribution in [3.63, 3.8) is 0 Å². The van der Waals surface area contributed by atoms with Crippen LogP contribution in [0.3, 0.4) is 0 Å². The molecule has 9 heteroatoms. The van der Waals surface area contributed by atoms with Crippen molar-refractivity contribution in [1.29, 1.82) is 0 Å². The number of rotatable bonds is 5. The number of carbonyl (C=O) groups excluding carboxylic acids is 1. The molecule has 0 aromatic rings. The Morgan fingerprint density at radius 2 is 1.83 bits per heavy atom. The van der Waals surface area contributed by atoms with Gasteiger partial charge in [0.25, 0.3) is 0 Å². The zero-order valence-corrected chi connectivity index (χ0v) is 17.6. The van der Waals surface area contributed by atoms with E-state index in [0.29, 0.717) is 0 Å². The number of carbonyl (C=O) groups is 1. The Morgan fingerprint density at radius 3 is 2.47 bits per heavy atom. The van der Waals surface area contributed by atoms with Gasteiger partial charge in [0.2, 0.25) is 0 Å². The van der Waals surface area contributed by atoms with Gasteiger partial charge in [-0.3, -0.25) is 4.79 Å². The molecule has 0 amide bonds. The minimum Gasteiger partial charge on any atom is -0.459 e. The van der Waals surface area contributed by atoms with Gasteiger partial charge in [-0.1, -0.05) is 20.8 Å². The molecule has 2 aliphatic carbocycles. The Balaban J connectivity index is 1.49. The summed E-state index contributed by atoms with van der Waals surface area (Å²) in [6.45, 7) is 5.71. The topological polar surface area (TPSA) is 146 Å². The highest BCUT2D eigenvalue weighted by Gasteiger charge is 2.68. The predicted octanol–water partition coefficient (Wildman–Crippen LogP) is -0.976. The number of fused-ring (bicyclic) bond motifs is 4. The van der Waals surface area contributed by atoms with Crippen LogP contribution in [0.5, 0.6) is 0 Å². The standard InChI is InChI=1S/C21H34O9/c1-8(2)12-13-10-5-4-9(21(10,3)18(26)17(12)30-19(13)27)7-28-20-16(25)15(24)14(23)11(6-22)29-20/h8-18,20,22-26H,4-7H2,1-3H3/t9-,10-,11-,12-,13+,14-,15+,16-,17+,18+,20-,21-/m1/s1. The first-order valence-electron chi connectivity index (χ1n) is 10.9. The van der Waals surface area contributed by atoms with E-state index in [1.165, 1.54) is 0 Å². The van der Waals surface area contributed by atoms with Gasteiger partial charge in [0.1, 0.15) is 30.5 Å². The quantitative estimate of drug-likeness (QED) is 0.348. The summed E-state index contributed by atoms with van der Waals surface area (Å²) >= 11 is 0. The first kappa shape index (κ1) is 22.4. The average molecular weight is 430 g/mol. The van der Waals surface area contributed by atoms with Gasteiger partial charge in [-0.15, -0.1) is 0 Å². The molecule has 0 unspecified atom stereocenters. The molecule has 4 rings (SSSR count). The number of hydrogen-bond acceptors (Lipinski definition) is 9. The van der Waals surface area contributed by atoms with Gasteiger partial charge in [-0.25, -0.2) is 0 Å². The van der Waals surface area contributed by atoms with Gasteiger partial charge < -0.3 is 39.7 Å². The minimum atomic E-state index is -1.50. The Bertz CT molecular complexity index is 654. The van der Waals surface area contributed by atoms with Crippen molar-refractivity contribution in [2.24, 2.45) is 35.0 Å². The SMILES string of the molecule is CC(C)[C@H]1[C@@H]2OC(=O)[C@H]1[C@H]1CC[C@H](CO[C@@H]3O[C@H](CO)[C@@H](O)[C@H](O)[C@H]3O)[C@@]1(C)[C@H]2O. The summed E-state index contributed by atoms with van der Waals surface area (Å²) in [7, 11) is 0. The lowest BCUT2D eigenvalue weighted by atomic mass is 9.55. The van der Waals surface area contributed by atoms with Crippen LogP contribution >= 0.6 is 0 Å². The lowest BCUT2D eigenvalue weighted by molar-refractivity contribution is -0.305. The maximum atomic E-state index is 12.6. The molecule has 2 heterocycles. The van der Waals surface area contributed by atoms with E-state index in [2.05, 4.69) is 13.8 Å². The van der Waals surface area contributed by atoms with Gasteiger partial charge in [0, 0.05) is 11.3 Å². The Kier molecular flexibility index (Phi) is 5.93. The average Bonchev–Trinajstić information content (AvgIpc) is 3.20. The zero-order valence-electron chi connectivity index (χ0n) is 17.6. The number of ether oxygens (including phenoxy) is 3. The van der Waals surface area contributed by atoms with Crippen LogP contribution in [0.2, 0.25) is 0 Å². The molecule has 0 aromatic heterocycles. The van der Waals surface area contributed by atoms with Gasteiger partial charge in [0.05, 0.1) is 25.2 Å². The highest BCUT2D eigenvalue weighted by Crippen LogP contribution is 2.63. The highest BCUT2D eigenvalue weighted by molar-refractivity contribution is 5.77. The molecule has 5 N–H and O–H groups in total. The smallest absolute Gasteiger partial charge is 0.310 e. The van der Waals surface area contributed by atoms with E-state index in [9.17, 15) is 30.3 Å². The van der Waals surface area contributed by atoms with E-state index in [1.807, 2.05) is 6.92 Å². The zero-order chi connectivity index (χ0) is 22.0. The fourth-order valence-electron chi connectivity index (χ4n) is 6.52. The molecule has 2 saturated heterocycles. The summed E-state index contributed by atoms with van der Waals surface area (Å²) in [5.74, 6) is -0.361. The molecule has 2 saturated carbocycles. The molecule has 172 valence electrons. The molecular weight excluding hydrogens is 396 g/mol. The molecule has 0 aromatic carbocycles. The Hall–Kier alpha value is -0.810. The number of aliphatic hydroxyl groups excluding tert-OH is 5. The number of esters is 1. The molecule has 4 aliphatic rings. The highest BCUT2D eigenvalue weighted by atomic mass is 16.7. The van der Waals surface area contributed by atoms with E-state index in [-0.39, 0.29) is 42.2 Å². The number of aliphatic hydroxyl groups is 5. The first-order valence-corrected chi connectivity index (χ1v) is 10.9. The number of hydrogen-bond donors (Lipinski definition) is 5. The van der Waals surface area contributed by atoms with Crippen LogP contribution in [0.25, 0.3) is 0 Å². The second kappa shape index (κ2) is 7.95. The Morgan fingerprint density at radius 1 is 1.13 bits per heavy atom. The van der Waals surface area contributed by atoms with E-state index in [0.717, 1.165) is 12.8 Å². The minimum absolute atomic E-state index is 0.00399. The maximum absolute atomic E-state index is 12.6. The van der Waals surface area contributed by atoms with Gasteiger partial charge in [-0.05, 0) is 30.6 Å². The third kappa shape index (κ3) is 3.13. The third-order valence-corrected chi connectivity index (χ3v) is 8.29. The van der Waals surface area contributed by atoms with Crippen molar-refractivity contribution < 1.29 is 44.5 Å². The van der Waals surface area contributed by atoms with E-state index < -0.39 is 54.9 Å². The maximum Gasteiger partial charge on any atom is 0.310 e. The van der Waals surface area contributed by atoms with Gasteiger partial charge >= 0.3 is 5.97 Å². The van der Waals surface area contributed by atoms with Gasteiger partial charge in [-0.2, -0.15) is 0 Å². The van der Waals surface area contributed by atoms with Crippen LogP contribution in [-0.2, 0) is 19.0 Å². The van der Waals surface area contributed by atoms with Crippen molar-refractivity contribution in [2.45, 2.75) is 76.5 Å². The first-order chi connectivity index (χ1) is 14.1. The summed E-state index contributed by atoms with van der Waals surface area (Å²) in [5, 5.41) is 50.7. The summed E-state index contributed by atoms with van der Waals surface area (Å²) in [6.07, 6.45) is -6.47. The second-order valence-corrected chi connectivity index (χ2v) is 9.97. The van der Waals surface area contributed by atoms with Crippen molar-refractivity contribution in [3.8, 4) is 0 Å². The van der Waals surface area contributed by atoms with Crippen molar-refractivity contribution in [3.05, 3.63) is 0 Å². The van der Waals surface area contributed by atoms with Crippen LogP contribution in [0.1, 0.15) is 33.6 Å². The monoisotopic (exact) mass is 430 g/mol. The van der Waals surface area contributed by atoms with Crippen LogP contribution in [0.4, 0.5) is 0 Å². The van der Waals surface area contributed by atoms with E-state index in [1.54, 1.807) is 0 Å². The van der Waals surface area contributed by atoms with Crippen LogP contribution < -0.4 is 0 Å². The predicted molar refractivity (Wildman–Crippen MR) is 102 cm³/mol. The lowest BCUT2D eigenvalue weighted by Crippen LogP contribution is -2.60. The third-order valence-electron chi connectivity index (χ3n) is 8.29. The molecule has 9 nitrogen and oxygen atoms in total. The summed E-state index contributed by atoms with van der Waals surface area (Å²) in [4.78, 5) is 12.6. The van der Waals surface area contributed by atoms with Crippen molar-refractivity contribution in [2.75, 3.05) is 13.2 Å². The summed E-state index contributed by atoms with van der Waals surface area (Å²) < 4.78 is 16.8. The normalized spacial score (nSPS) is 53.1. The molecule has 2 bridgehead atoms. The molecular formula is C21H34O9. The Labute approximate surface area is 175 Å². The van der Waals surface area contributed by atoms with Crippen molar-refractivity contribution >= 4 is 5.97 Å². The molecule has 12 atom stereocenters. The fraction of sp³-hybridized carbons (Fsp3) is 0.952. The van der Waals surface area contributed by atoms with E-state index >= 15 is 0 Å². The van der Waals surface area contributed by atoms with Crippen LogP contribution in [0, 0.1) is 35.0 Å². The van der Waals surface area contributed by atoms with Crippen molar-refractivity contribution in [1.82, 2.24) is 0 Å². The van der Waals surface area contributed by atoms with Crippen LogP contribution in [0.15, 0.2) is 0 Å². The lowest BCUT2D eigenvalue weighted by Gasteiger charge is -2.50. The van der Waals surface area contributed by atoms with Crippen LogP contribution in [-0.4, -0.2) is 87.6 Å². The van der Waals surface area contributed by atoms with E-state index in [4.69, 9.17) is 14.2 Å². The summed E-state index contributed by atoms with van der Waals surface area (Å²) in [6, 6.07) is 0. The second-order valence-electron chi connectivity index (χ2n) is 9.97. The molecule has 30 heavy (non-hydrogen) atoms.